The van der Waals surface area contributed by atoms with Crippen LogP contribution in [0.2, 0.25) is 0 Å². The number of nitrogens with zero attached hydrogens (tertiary/aromatic N) is 2. The second-order valence-electron chi connectivity index (χ2n) is 2.64. The third kappa shape index (κ3) is 3.23. The molecule has 1 aromatic carbocycles. The van der Waals surface area contributed by atoms with Crippen LogP contribution in [0.3, 0.4) is 0 Å². The Kier molecular flexibility index (Phi) is 4.14. The van der Waals surface area contributed by atoms with E-state index < -0.39 is 0 Å². The molecule has 3 nitrogen and oxygen atoms in total. The molecule has 0 atom stereocenters. The van der Waals surface area contributed by atoms with Crippen LogP contribution in [0.25, 0.3) is 0 Å². The Morgan fingerprint density at radius 1 is 1.29 bits per heavy atom. The third-order valence-electron chi connectivity index (χ3n) is 1.58. The third-order valence-corrected chi connectivity index (χ3v) is 1.58. The van der Waals surface area contributed by atoms with Crippen LogP contribution in [0, 0.1) is 0 Å². The fourth-order valence-corrected chi connectivity index (χ4v) is 0.887. The first-order valence-electron chi connectivity index (χ1n) is 4.38. The van der Waals surface area contributed by atoms with Crippen molar-refractivity contribution in [3.63, 3.8) is 0 Å². The zero-order valence-corrected chi connectivity index (χ0v) is 8.09. The molecule has 14 heavy (non-hydrogen) atoms. The maximum atomic E-state index is 5.69. The van der Waals surface area contributed by atoms with Crippen LogP contribution >= 0.6 is 0 Å². The average molecular weight is 187 g/mol. The summed E-state index contributed by atoms with van der Waals surface area (Å²) in [5.41, 5.74) is 6.57. The predicted molar refractivity (Wildman–Crippen MR) is 60.5 cm³/mol. The Morgan fingerprint density at radius 2 is 2.00 bits per heavy atom. The molecule has 0 bridgehead atoms. The largest absolute Gasteiger partial charge is 0.382 e. The monoisotopic (exact) mass is 187 g/mol. The predicted octanol–water partition coefficient (Wildman–Crippen LogP) is 1.95. The number of benzene rings is 1. The second kappa shape index (κ2) is 5.70. The highest BCUT2D eigenvalue weighted by Crippen LogP contribution is 1.97. The molecule has 0 aliphatic carbocycles. The van der Waals surface area contributed by atoms with E-state index in [0.717, 1.165) is 5.56 Å². The van der Waals surface area contributed by atoms with Gasteiger partial charge in [0.25, 0.3) is 0 Å². The van der Waals surface area contributed by atoms with Crippen LogP contribution < -0.4 is 5.73 Å². The molecular weight excluding hydrogens is 174 g/mol. The van der Waals surface area contributed by atoms with Gasteiger partial charge in [0, 0.05) is 11.8 Å². The van der Waals surface area contributed by atoms with Gasteiger partial charge in [0.1, 0.15) is 0 Å². The van der Waals surface area contributed by atoms with Crippen molar-refractivity contribution >= 4 is 12.1 Å². The summed E-state index contributed by atoms with van der Waals surface area (Å²) in [6.07, 6.45) is 5.26. The van der Waals surface area contributed by atoms with Gasteiger partial charge >= 0.3 is 0 Å². The van der Waals surface area contributed by atoms with E-state index in [1.807, 2.05) is 43.3 Å². The van der Waals surface area contributed by atoms with E-state index in [1.165, 1.54) is 0 Å². The lowest BCUT2D eigenvalue weighted by atomic mass is 10.2. The lowest BCUT2D eigenvalue weighted by Crippen LogP contribution is -2.12. The Labute approximate surface area is 83.7 Å². The van der Waals surface area contributed by atoms with Gasteiger partial charge in [-0.2, -0.15) is 5.10 Å². The first-order valence-corrected chi connectivity index (χ1v) is 4.38. The number of hydrogen-bond acceptors (Lipinski definition) is 2. The van der Waals surface area contributed by atoms with Gasteiger partial charge in [0.15, 0.2) is 5.84 Å². The van der Waals surface area contributed by atoms with Crippen molar-refractivity contribution in [3.8, 4) is 0 Å². The van der Waals surface area contributed by atoms with E-state index in [4.69, 9.17) is 5.73 Å². The molecule has 2 N–H and O–H groups in total. The zero-order valence-electron chi connectivity index (χ0n) is 8.09. The van der Waals surface area contributed by atoms with Gasteiger partial charge in [0.05, 0.1) is 0 Å². The minimum absolute atomic E-state index is 0.423. The Bertz CT molecular complexity index is 350. The van der Waals surface area contributed by atoms with Gasteiger partial charge in [-0.15, -0.1) is 5.10 Å². The molecule has 1 aromatic rings. The summed E-state index contributed by atoms with van der Waals surface area (Å²) < 4.78 is 0. The van der Waals surface area contributed by atoms with E-state index in [2.05, 4.69) is 10.2 Å². The fourth-order valence-electron chi connectivity index (χ4n) is 0.887. The molecule has 3 heteroatoms. The molecule has 0 saturated heterocycles. The number of amidine groups is 1. The first-order chi connectivity index (χ1) is 6.84. The van der Waals surface area contributed by atoms with Crippen molar-refractivity contribution in [1.29, 1.82) is 0 Å². The van der Waals surface area contributed by atoms with Gasteiger partial charge in [-0.05, 0) is 13.0 Å². The van der Waals surface area contributed by atoms with E-state index >= 15 is 0 Å². The van der Waals surface area contributed by atoms with Crippen LogP contribution in [0.4, 0.5) is 0 Å². The van der Waals surface area contributed by atoms with Crippen molar-refractivity contribution in [1.82, 2.24) is 0 Å². The Morgan fingerprint density at radius 3 is 2.64 bits per heavy atom. The molecule has 0 aromatic heterocycles. The highest BCUT2D eigenvalue weighted by Gasteiger charge is 1.93. The minimum Gasteiger partial charge on any atom is -0.382 e. The molecule has 0 heterocycles. The lowest BCUT2D eigenvalue weighted by Gasteiger charge is -1.95. The average Bonchev–Trinajstić information content (AvgIpc) is 2.25. The molecule has 72 valence electrons. The number of hydrogen-bond donors (Lipinski definition) is 1. The van der Waals surface area contributed by atoms with Crippen molar-refractivity contribution in [2.75, 3.05) is 0 Å². The summed E-state index contributed by atoms with van der Waals surface area (Å²) >= 11 is 0. The fraction of sp³-hybridized carbons (Fsp3) is 0.0909. The highest BCUT2D eigenvalue weighted by molar-refractivity contribution is 5.97. The first kappa shape index (κ1) is 10.2. The normalized spacial score (nSPS) is 12.8. The summed E-state index contributed by atoms with van der Waals surface area (Å²) in [6.45, 7) is 1.91. The molecular formula is C11H13N3. The molecule has 0 fully saturated rings. The molecule has 0 aliphatic rings. The van der Waals surface area contributed by atoms with E-state index in [0.29, 0.717) is 5.84 Å². The van der Waals surface area contributed by atoms with Crippen molar-refractivity contribution in [2.24, 2.45) is 15.9 Å². The van der Waals surface area contributed by atoms with Gasteiger partial charge in [-0.25, -0.2) is 0 Å². The minimum atomic E-state index is 0.423. The molecule has 0 radical (unpaired) electrons. The Hall–Kier alpha value is -1.90. The SMILES string of the molecule is CC=CC=NN=C(N)c1ccccc1. The molecule has 0 saturated carbocycles. The zero-order chi connectivity index (χ0) is 10.2. The molecule has 0 spiro atoms. The van der Waals surface area contributed by atoms with Crippen LogP contribution in [0.5, 0.6) is 0 Å². The van der Waals surface area contributed by atoms with Crippen molar-refractivity contribution in [3.05, 3.63) is 48.0 Å². The molecule has 0 amide bonds. The lowest BCUT2D eigenvalue weighted by molar-refractivity contribution is 1.23. The number of rotatable bonds is 3. The van der Waals surface area contributed by atoms with E-state index in [9.17, 15) is 0 Å². The Balaban J connectivity index is 2.70. The van der Waals surface area contributed by atoms with Crippen molar-refractivity contribution in [2.45, 2.75) is 6.92 Å². The quantitative estimate of drug-likeness (QED) is 0.439. The summed E-state index contributed by atoms with van der Waals surface area (Å²) in [4.78, 5) is 0. The maximum Gasteiger partial charge on any atom is 0.153 e. The smallest absolute Gasteiger partial charge is 0.153 e. The molecule has 1 rings (SSSR count). The summed E-state index contributed by atoms with van der Waals surface area (Å²) in [7, 11) is 0. The van der Waals surface area contributed by atoms with E-state index in [-0.39, 0.29) is 0 Å². The van der Waals surface area contributed by atoms with Gasteiger partial charge in [0.2, 0.25) is 0 Å². The van der Waals surface area contributed by atoms with Crippen LogP contribution in [-0.2, 0) is 0 Å². The standard InChI is InChI=1S/C11H13N3/c1-2-3-9-13-14-11(12)10-7-5-4-6-8-10/h2-9H,1H3,(H2,12,14). The highest BCUT2D eigenvalue weighted by atomic mass is 15.2. The van der Waals surface area contributed by atoms with Crippen LogP contribution in [-0.4, -0.2) is 12.1 Å². The van der Waals surface area contributed by atoms with Crippen molar-refractivity contribution < 1.29 is 0 Å². The van der Waals surface area contributed by atoms with E-state index in [1.54, 1.807) is 12.3 Å². The topological polar surface area (TPSA) is 50.7 Å². The molecule has 0 unspecified atom stereocenters. The number of allylic oxidation sites excluding steroid dienone is 2. The van der Waals surface area contributed by atoms with Crippen LogP contribution in [0.1, 0.15) is 12.5 Å². The van der Waals surface area contributed by atoms with Gasteiger partial charge in [-0.3, -0.25) is 0 Å². The van der Waals surface area contributed by atoms with Gasteiger partial charge in [-0.1, -0.05) is 36.4 Å². The summed E-state index contributed by atoms with van der Waals surface area (Å²) in [5, 5.41) is 7.63. The molecule has 0 aliphatic heterocycles. The second-order valence-corrected chi connectivity index (χ2v) is 2.64. The van der Waals surface area contributed by atoms with Crippen LogP contribution in [0.15, 0.2) is 52.7 Å². The summed E-state index contributed by atoms with van der Waals surface area (Å²) in [5.74, 6) is 0.423. The summed E-state index contributed by atoms with van der Waals surface area (Å²) in [6, 6.07) is 9.54. The maximum absolute atomic E-state index is 5.69. The number of nitrogens with two attached hydrogens (primary N) is 1. The van der Waals surface area contributed by atoms with Gasteiger partial charge < -0.3 is 5.73 Å².